The number of Topliss-reactive ketones (excluding diaryl/α,β-unsaturated/α-hetero) is 1. The molecule has 0 radical (unpaired) electrons. The quantitative estimate of drug-likeness (QED) is 0.435. The summed E-state index contributed by atoms with van der Waals surface area (Å²) in [5.41, 5.74) is 1.62. The van der Waals surface area contributed by atoms with Crippen molar-refractivity contribution in [1.29, 1.82) is 0 Å². The van der Waals surface area contributed by atoms with Crippen molar-refractivity contribution in [2.45, 2.75) is 12.5 Å². The molecule has 7 heteroatoms. The first-order valence-corrected chi connectivity index (χ1v) is 10.1. The van der Waals surface area contributed by atoms with Crippen LogP contribution in [0.2, 0.25) is 0 Å². The summed E-state index contributed by atoms with van der Waals surface area (Å²) in [6, 6.07) is 21.7. The maximum atomic E-state index is 12.8. The van der Waals surface area contributed by atoms with Crippen molar-refractivity contribution >= 4 is 17.7 Å². The third-order valence-electron chi connectivity index (χ3n) is 4.95. The van der Waals surface area contributed by atoms with Gasteiger partial charge in [0.05, 0.1) is 0 Å². The lowest BCUT2D eigenvalue weighted by molar-refractivity contribution is -0.144. The fraction of sp³-hybridized carbons (Fsp3) is 0.160. The van der Waals surface area contributed by atoms with Gasteiger partial charge in [0.1, 0.15) is 6.04 Å². The highest BCUT2D eigenvalue weighted by molar-refractivity contribution is 5.99. The molecule has 1 atom stereocenters. The van der Waals surface area contributed by atoms with Gasteiger partial charge in [-0.3, -0.25) is 9.59 Å². The van der Waals surface area contributed by atoms with Gasteiger partial charge in [0.25, 0.3) is 5.91 Å². The van der Waals surface area contributed by atoms with E-state index in [2.05, 4.69) is 5.32 Å². The highest BCUT2D eigenvalue weighted by atomic mass is 16.7. The Hall–Kier alpha value is -4.13. The van der Waals surface area contributed by atoms with Crippen LogP contribution in [0.3, 0.4) is 0 Å². The van der Waals surface area contributed by atoms with Gasteiger partial charge in [0.15, 0.2) is 23.9 Å². The zero-order valence-corrected chi connectivity index (χ0v) is 17.2. The molecule has 0 saturated carbocycles. The molecular weight excluding hydrogens is 410 g/mol. The van der Waals surface area contributed by atoms with Crippen molar-refractivity contribution in [3.8, 4) is 11.5 Å². The number of carbonyl (C=O) groups is 3. The molecule has 7 nitrogen and oxygen atoms in total. The van der Waals surface area contributed by atoms with Gasteiger partial charge >= 0.3 is 5.97 Å². The first kappa shape index (κ1) is 21.1. The lowest BCUT2D eigenvalue weighted by Crippen LogP contribution is -2.43. The molecule has 1 N–H and O–H groups in total. The maximum absolute atomic E-state index is 12.8. The Kier molecular flexibility index (Phi) is 6.46. The van der Waals surface area contributed by atoms with E-state index in [1.54, 1.807) is 48.5 Å². The van der Waals surface area contributed by atoms with Crippen LogP contribution in [0.1, 0.15) is 26.3 Å². The van der Waals surface area contributed by atoms with Crippen LogP contribution in [0.15, 0.2) is 78.9 Å². The molecular formula is C25H21NO6. The number of fused-ring (bicyclic) bond motifs is 1. The number of benzene rings is 3. The average molecular weight is 431 g/mol. The smallest absolute Gasteiger partial charge is 0.329 e. The molecule has 3 aromatic carbocycles. The molecule has 1 aliphatic rings. The number of hydrogen-bond acceptors (Lipinski definition) is 6. The van der Waals surface area contributed by atoms with Crippen LogP contribution >= 0.6 is 0 Å². The number of ether oxygens (including phenoxy) is 3. The largest absolute Gasteiger partial charge is 0.456 e. The molecule has 0 saturated heterocycles. The molecule has 0 bridgehead atoms. The number of rotatable bonds is 8. The monoisotopic (exact) mass is 431 g/mol. The van der Waals surface area contributed by atoms with Gasteiger partial charge in [-0.1, -0.05) is 48.5 Å². The molecule has 0 fully saturated rings. The third kappa shape index (κ3) is 5.13. The minimum Gasteiger partial charge on any atom is -0.456 e. The minimum atomic E-state index is -0.949. The molecule has 0 spiro atoms. The molecule has 32 heavy (non-hydrogen) atoms. The third-order valence-corrected chi connectivity index (χ3v) is 4.95. The lowest BCUT2D eigenvalue weighted by Gasteiger charge is -2.18. The molecule has 0 aliphatic carbocycles. The summed E-state index contributed by atoms with van der Waals surface area (Å²) in [5, 5.41) is 2.72. The normalized spacial score (nSPS) is 12.6. The Labute approximate surface area is 184 Å². The van der Waals surface area contributed by atoms with Gasteiger partial charge in [-0.05, 0) is 35.9 Å². The van der Waals surface area contributed by atoms with Gasteiger partial charge in [-0.15, -0.1) is 0 Å². The van der Waals surface area contributed by atoms with Crippen molar-refractivity contribution in [3.05, 3.63) is 95.6 Å². The second kappa shape index (κ2) is 9.78. The second-order valence-corrected chi connectivity index (χ2v) is 7.18. The first-order chi connectivity index (χ1) is 15.6. The van der Waals surface area contributed by atoms with Gasteiger partial charge in [0, 0.05) is 17.5 Å². The van der Waals surface area contributed by atoms with E-state index in [9.17, 15) is 14.4 Å². The standard InChI is InChI=1S/C25H21NO6/c27-21(19-11-12-22-23(14-19)32-16-31-22)15-30-25(29)20(13-17-7-3-1-4-8-17)26-24(28)18-9-5-2-6-10-18/h1-12,14,20H,13,15-16H2,(H,26,28)/t20-/m1/s1. The Bertz CT molecular complexity index is 1110. The van der Waals surface area contributed by atoms with E-state index in [0.717, 1.165) is 5.56 Å². The van der Waals surface area contributed by atoms with Crippen molar-refractivity contribution in [1.82, 2.24) is 5.32 Å². The van der Waals surface area contributed by atoms with Gasteiger partial charge in [-0.25, -0.2) is 4.79 Å². The Balaban J connectivity index is 1.43. The highest BCUT2D eigenvalue weighted by Crippen LogP contribution is 2.32. The fourth-order valence-corrected chi connectivity index (χ4v) is 3.26. The number of amides is 1. The Morgan fingerprint density at radius 1 is 0.844 bits per heavy atom. The fourth-order valence-electron chi connectivity index (χ4n) is 3.26. The van der Waals surface area contributed by atoms with E-state index < -0.39 is 24.5 Å². The van der Waals surface area contributed by atoms with Crippen LogP contribution in [0, 0.1) is 0 Å². The van der Waals surface area contributed by atoms with E-state index in [0.29, 0.717) is 22.6 Å². The Morgan fingerprint density at radius 2 is 1.53 bits per heavy atom. The van der Waals surface area contributed by atoms with Gasteiger partial charge in [-0.2, -0.15) is 0 Å². The number of esters is 1. The van der Waals surface area contributed by atoms with Crippen molar-refractivity contribution in [2.75, 3.05) is 13.4 Å². The predicted molar refractivity (Wildman–Crippen MR) is 116 cm³/mol. The zero-order chi connectivity index (χ0) is 22.3. The highest BCUT2D eigenvalue weighted by Gasteiger charge is 2.25. The summed E-state index contributed by atoms with van der Waals surface area (Å²) in [5.74, 6) is -0.438. The summed E-state index contributed by atoms with van der Waals surface area (Å²) in [6.07, 6.45) is 0.233. The predicted octanol–water partition coefficient (Wildman–Crippen LogP) is 3.18. The van der Waals surface area contributed by atoms with E-state index in [1.807, 2.05) is 30.3 Å². The molecule has 1 amide bonds. The molecule has 1 heterocycles. The number of nitrogens with one attached hydrogen (secondary N) is 1. The summed E-state index contributed by atoms with van der Waals surface area (Å²) >= 11 is 0. The second-order valence-electron chi connectivity index (χ2n) is 7.18. The van der Waals surface area contributed by atoms with E-state index in [-0.39, 0.29) is 19.0 Å². The topological polar surface area (TPSA) is 90.9 Å². The van der Waals surface area contributed by atoms with E-state index in [4.69, 9.17) is 14.2 Å². The van der Waals surface area contributed by atoms with Crippen LogP contribution in [-0.4, -0.2) is 37.1 Å². The lowest BCUT2D eigenvalue weighted by atomic mass is 10.1. The molecule has 1 aliphatic heterocycles. The first-order valence-electron chi connectivity index (χ1n) is 10.1. The zero-order valence-electron chi connectivity index (χ0n) is 17.2. The molecule has 0 aromatic heterocycles. The van der Waals surface area contributed by atoms with Crippen molar-refractivity contribution < 1.29 is 28.6 Å². The van der Waals surface area contributed by atoms with Crippen molar-refractivity contribution in [3.63, 3.8) is 0 Å². The molecule has 162 valence electrons. The van der Waals surface area contributed by atoms with Crippen molar-refractivity contribution in [2.24, 2.45) is 0 Å². The molecule has 4 rings (SSSR count). The van der Waals surface area contributed by atoms with Gasteiger partial charge < -0.3 is 19.5 Å². The van der Waals surface area contributed by atoms with Crippen LogP contribution < -0.4 is 14.8 Å². The summed E-state index contributed by atoms with van der Waals surface area (Å²) in [6.45, 7) is -0.352. The maximum Gasteiger partial charge on any atom is 0.329 e. The van der Waals surface area contributed by atoms with Gasteiger partial charge in [0.2, 0.25) is 6.79 Å². The molecule has 3 aromatic rings. The van der Waals surface area contributed by atoms with Crippen LogP contribution in [0.5, 0.6) is 11.5 Å². The average Bonchev–Trinajstić information content (AvgIpc) is 3.31. The summed E-state index contributed by atoms with van der Waals surface area (Å²) in [7, 11) is 0. The van der Waals surface area contributed by atoms with E-state index >= 15 is 0 Å². The van der Waals surface area contributed by atoms with Crippen LogP contribution in [0.25, 0.3) is 0 Å². The summed E-state index contributed by atoms with van der Waals surface area (Å²) < 4.78 is 15.8. The SMILES string of the molecule is O=C(COC(=O)[C@@H](Cc1ccccc1)NC(=O)c1ccccc1)c1ccc2c(c1)OCO2. The minimum absolute atomic E-state index is 0.101. The van der Waals surface area contributed by atoms with Crippen LogP contribution in [-0.2, 0) is 16.0 Å². The number of carbonyl (C=O) groups excluding carboxylic acids is 3. The summed E-state index contributed by atoms with van der Waals surface area (Å²) in [4.78, 5) is 37.9. The van der Waals surface area contributed by atoms with E-state index in [1.165, 1.54) is 0 Å². The number of hydrogen-bond donors (Lipinski definition) is 1. The Morgan fingerprint density at radius 3 is 2.28 bits per heavy atom. The number of ketones is 1. The van der Waals surface area contributed by atoms with Crippen LogP contribution in [0.4, 0.5) is 0 Å². The molecule has 0 unspecified atom stereocenters.